The highest BCUT2D eigenvalue weighted by Crippen LogP contribution is 2.59. The molecular weight excluding hydrogens is 566 g/mol. The normalized spacial score (nSPS) is 24.8. The van der Waals surface area contributed by atoms with Gasteiger partial charge in [0.25, 0.3) is 0 Å². The van der Waals surface area contributed by atoms with Gasteiger partial charge in [-0.25, -0.2) is 4.39 Å². The lowest BCUT2D eigenvalue weighted by Gasteiger charge is -2.46. The van der Waals surface area contributed by atoms with Gasteiger partial charge in [-0.05, 0) is 47.5 Å². The second-order valence-corrected chi connectivity index (χ2v) is 11.3. The van der Waals surface area contributed by atoms with Crippen molar-refractivity contribution < 1.29 is 23.5 Å². The fourth-order valence-electron chi connectivity index (χ4n) is 6.14. The molecule has 2 N–H and O–H groups in total. The van der Waals surface area contributed by atoms with Crippen molar-refractivity contribution in [1.82, 2.24) is 5.32 Å². The maximum Gasteiger partial charge on any atom is 0.238 e. The van der Waals surface area contributed by atoms with E-state index in [0.717, 1.165) is 0 Å². The first kappa shape index (κ1) is 26.4. The second-order valence-electron chi connectivity index (χ2n) is 10.0. The van der Waals surface area contributed by atoms with Crippen LogP contribution in [0.4, 0.5) is 10.1 Å². The summed E-state index contributed by atoms with van der Waals surface area (Å²) in [4.78, 5) is 27.5. The van der Waals surface area contributed by atoms with Crippen LogP contribution in [0.15, 0.2) is 54.6 Å². The lowest BCUT2D eigenvalue weighted by Crippen LogP contribution is -2.57. The van der Waals surface area contributed by atoms with E-state index in [-0.39, 0.29) is 29.0 Å². The Bertz CT molecular complexity index is 1480. The molecule has 3 aromatic carbocycles. The number of ether oxygens (including phenoxy) is 2. The van der Waals surface area contributed by atoms with Crippen LogP contribution in [0, 0.1) is 5.82 Å². The molecule has 10 heteroatoms. The van der Waals surface area contributed by atoms with Gasteiger partial charge in [0.2, 0.25) is 11.8 Å². The third kappa shape index (κ3) is 4.45. The fourth-order valence-corrected chi connectivity index (χ4v) is 6.67. The summed E-state index contributed by atoms with van der Waals surface area (Å²) in [5.41, 5.74) is 0.317. The Morgan fingerprint density at radius 3 is 2.49 bits per heavy atom. The van der Waals surface area contributed by atoms with Crippen LogP contribution in [0.5, 0.6) is 5.75 Å². The number of hydrogen-bond acceptors (Lipinski definition) is 4. The van der Waals surface area contributed by atoms with Gasteiger partial charge < -0.3 is 20.1 Å². The van der Waals surface area contributed by atoms with Crippen molar-refractivity contribution in [1.29, 1.82) is 0 Å². The maximum absolute atomic E-state index is 15.6. The zero-order valence-corrected chi connectivity index (χ0v) is 22.9. The van der Waals surface area contributed by atoms with Gasteiger partial charge in [0.15, 0.2) is 0 Å². The largest absolute Gasteiger partial charge is 0.490 e. The highest BCUT2D eigenvalue weighted by atomic mass is 35.5. The number of rotatable bonds is 4. The van der Waals surface area contributed by atoms with Gasteiger partial charge >= 0.3 is 0 Å². The Morgan fingerprint density at radius 1 is 0.949 bits per heavy atom. The summed E-state index contributed by atoms with van der Waals surface area (Å²) >= 11 is 19.0. The Morgan fingerprint density at radius 2 is 1.69 bits per heavy atom. The van der Waals surface area contributed by atoms with Crippen LogP contribution in [0.3, 0.4) is 0 Å². The molecular formula is C29H24Cl3FN2O4. The van der Waals surface area contributed by atoms with Crippen molar-refractivity contribution in [2.75, 3.05) is 18.5 Å². The number of hydrogen-bond donors (Lipinski definition) is 2. The predicted molar refractivity (Wildman–Crippen MR) is 147 cm³/mol. The minimum absolute atomic E-state index is 0.0915. The number of benzene rings is 3. The standard InChI is InChI=1S/C29H24Cl3FN2O4/c30-15-5-7-24(39-17-8-10-38-11-9-17)19(12-15)27-29(20-6-4-16(31)13-23(20)34-28(29)37)21(14-25(36)35-27)18-2-1-3-22(32)26(18)33/h1-7,12-13,17,21,27H,8-11,14H2,(H,34,37)(H,35,36). The molecule has 1 spiro atoms. The van der Waals surface area contributed by atoms with Gasteiger partial charge in [-0.3, -0.25) is 9.59 Å². The van der Waals surface area contributed by atoms with Gasteiger partial charge in [-0.1, -0.05) is 53.0 Å². The third-order valence-corrected chi connectivity index (χ3v) is 8.61. The van der Waals surface area contributed by atoms with E-state index in [1.807, 2.05) is 0 Å². The number of carbonyl (C=O) groups excluding carboxylic acids is 2. The molecule has 6 rings (SSSR count). The van der Waals surface area contributed by atoms with Crippen LogP contribution in [-0.2, 0) is 19.7 Å². The number of halogens is 4. The van der Waals surface area contributed by atoms with Crippen LogP contribution in [0.25, 0.3) is 0 Å². The minimum Gasteiger partial charge on any atom is -0.490 e. The molecule has 6 nitrogen and oxygen atoms in total. The first-order valence-corrected chi connectivity index (χ1v) is 13.8. The van der Waals surface area contributed by atoms with Crippen LogP contribution in [0.1, 0.15) is 47.9 Å². The highest BCUT2D eigenvalue weighted by molar-refractivity contribution is 6.31. The maximum atomic E-state index is 15.6. The Balaban J connectivity index is 1.59. The zero-order chi connectivity index (χ0) is 27.3. The van der Waals surface area contributed by atoms with E-state index >= 15 is 4.39 Å². The fraction of sp³-hybridized carbons (Fsp3) is 0.310. The monoisotopic (exact) mass is 588 g/mol. The molecule has 0 saturated carbocycles. The lowest BCUT2D eigenvalue weighted by atomic mass is 9.59. The number of anilines is 1. The molecule has 3 heterocycles. The minimum atomic E-state index is -1.46. The Kier molecular flexibility index (Phi) is 6.96. The van der Waals surface area contributed by atoms with E-state index in [2.05, 4.69) is 10.6 Å². The summed E-state index contributed by atoms with van der Waals surface area (Å²) in [6.07, 6.45) is 1.14. The van der Waals surface area contributed by atoms with E-state index in [4.69, 9.17) is 44.3 Å². The summed E-state index contributed by atoms with van der Waals surface area (Å²) in [6.45, 7) is 1.15. The van der Waals surface area contributed by atoms with Gasteiger partial charge in [-0.15, -0.1) is 0 Å². The number of carbonyl (C=O) groups is 2. The molecule has 3 aliphatic rings. The molecule has 2 saturated heterocycles. The summed E-state index contributed by atoms with van der Waals surface area (Å²) in [7, 11) is 0. The third-order valence-electron chi connectivity index (χ3n) is 7.85. The molecule has 2 fully saturated rings. The number of amides is 2. The number of nitrogens with one attached hydrogen (secondary N) is 2. The van der Waals surface area contributed by atoms with E-state index in [1.165, 1.54) is 6.07 Å². The predicted octanol–water partition coefficient (Wildman–Crippen LogP) is 6.58. The van der Waals surface area contributed by atoms with Gasteiger partial charge in [0.05, 0.1) is 24.3 Å². The van der Waals surface area contributed by atoms with E-state index < -0.39 is 29.1 Å². The molecule has 3 aromatic rings. The second kappa shape index (κ2) is 10.3. The summed E-state index contributed by atoms with van der Waals surface area (Å²) in [6, 6.07) is 13.9. The summed E-state index contributed by atoms with van der Waals surface area (Å²) in [5.74, 6) is -1.82. The Hall–Kier alpha value is -2.84. The van der Waals surface area contributed by atoms with Crippen molar-refractivity contribution in [2.24, 2.45) is 0 Å². The van der Waals surface area contributed by atoms with Crippen LogP contribution in [-0.4, -0.2) is 31.1 Å². The van der Waals surface area contributed by atoms with Crippen LogP contribution in [0.2, 0.25) is 15.1 Å². The number of fused-ring (bicyclic) bond motifs is 2. The first-order chi connectivity index (χ1) is 18.8. The lowest BCUT2D eigenvalue weighted by molar-refractivity contribution is -0.131. The molecule has 0 aliphatic carbocycles. The molecule has 39 heavy (non-hydrogen) atoms. The first-order valence-electron chi connectivity index (χ1n) is 12.7. The van der Waals surface area contributed by atoms with E-state index in [1.54, 1.807) is 48.5 Å². The highest BCUT2D eigenvalue weighted by Gasteiger charge is 2.62. The van der Waals surface area contributed by atoms with Crippen molar-refractivity contribution >= 4 is 52.3 Å². The molecule has 2 amide bonds. The molecule has 3 atom stereocenters. The van der Waals surface area contributed by atoms with Gasteiger partial charge in [0, 0.05) is 46.5 Å². The molecule has 0 aromatic heterocycles. The molecule has 3 unspecified atom stereocenters. The zero-order valence-electron chi connectivity index (χ0n) is 20.6. The average molecular weight is 590 g/mol. The summed E-state index contributed by atoms with van der Waals surface area (Å²) in [5, 5.41) is 6.72. The SMILES string of the molecule is O=C1CC(c2cccc(Cl)c2F)C2(C(=O)Nc3cc(Cl)ccc32)C(c2cc(Cl)ccc2OC2CCOCC2)N1. The van der Waals surface area contributed by atoms with Crippen molar-refractivity contribution in [2.45, 2.75) is 42.7 Å². The molecule has 202 valence electrons. The Labute approximate surface area is 239 Å². The smallest absolute Gasteiger partial charge is 0.238 e. The average Bonchev–Trinajstić information content (AvgIpc) is 3.19. The van der Waals surface area contributed by atoms with Crippen molar-refractivity contribution in [3.05, 3.63) is 92.2 Å². The molecule has 0 bridgehead atoms. The number of piperidine rings is 1. The van der Waals surface area contributed by atoms with Crippen molar-refractivity contribution in [3.8, 4) is 5.75 Å². The van der Waals surface area contributed by atoms with Gasteiger partial charge in [-0.2, -0.15) is 0 Å². The van der Waals surface area contributed by atoms with Gasteiger partial charge in [0.1, 0.15) is 23.1 Å². The summed E-state index contributed by atoms with van der Waals surface area (Å²) < 4.78 is 27.5. The molecule has 3 aliphatic heterocycles. The van der Waals surface area contributed by atoms with Crippen LogP contribution < -0.4 is 15.4 Å². The van der Waals surface area contributed by atoms with Crippen LogP contribution >= 0.6 is 34.8 Å². The van der Waals surface area contributed by atoms with Crippen molar-refractivity contribution in [3.63, 3.8) is 0 Å². The quantitative estimate of drug-likeness (QED) is 0.361. The molecule has 0 radical (unpaired) electrons. The topological polar surface area (TPSA) is 76.7 Å². The van der Waals surface area contributed by atoms with E-state index in [0.29, 0.717) is 58.7 Å². The van der Waals surface area contributed by atoms with E-state index in [9.17, 15) is 9.59 Å².